The van der Waals surface area contributed by atoms with Crippen molar-refractivity contribution in [1.29, 1.82) is 0 Å². The zero-order chi connectivity index (χ0) is 49.3. The van der Waals surface area contributed by atoms with Gasteiger partial charge < -0.3 is 41.7 Å². The Morgan fingerprint density at radius 2 is 1.00 bits per heavy atom. The molecule has 2 aromatic carbocycles. The number of carbonyl (C=O) groups is 6. The summed E-state index contributed by atoms with van der Waals surface area (Å²) < 4.78 is 3.22. The fraction of sp³-hybridized carbons (Fsp3) is 0.560. The molecule has 6 N–H and O–H groups in total. The average molecular weight is 961 g/mol. The number of likely N-dealkylation sites (N-methyl/N-ethyl adjacent to an activating group) is 2. The number of fused-ring (bicyclic) bond motifs is 2. The molecule has 2 fully saturated rings. The molecule has 20 heteroatoms. The highest BCUT2D eigenvalue weighted by Gasteiger charge is 2.41. The summed E-state index contributed by atoms with van der Waals surface area (Å²) in [5.41, 5.74) is 5.64. The van der Waals surface area contributed by atoms with Crippen LogP contribution in [0.1, 0.15) is 111 Å². The Balaban J connectivity index is 0.897. The molecule has 2 aliphatic carbocycles. The number of benzene rings is 2. The minimum Gasteiger partial charge on any atom is -0.347 e. The van der Waals surface area contributed by atoms with Crippen LogP contribution in [0.15, 0.2) is 60.9 Å². The van der Waals surface area contributed by atoms with Gasteiger partial charge in [-0.05, 0) is 114 Å². The van der Waals surface area contributed by atoms with Crippen LogP contribution in [0.4, 0.5) is 0 Å². The normalized spacial score (nSPS) is 21.4. The number of aromatic nitrogens is 6. The van der Waals surface area contributed by atoms with Crippen molar-refractivity contribution in [3.05, 3.63) is 94.6 Å². The lowest BCUT2D eigenvalue weighted by Crippen LogP contribution is -2.56. The van der Waals surface area contributed by atoms with Gasteiger partial charge in [0.15, 0.2) is 0 Å². The molecule has 0 spiro atoms. The van der Waals surface area contributed by atoms with Crippen LogP contribution < -0.4 is 31.9 Å². The summed E-state index contributed by atoms with van der Waals surface area (Å²) in [6.45, 7) is 4.84. The number of hydrogen-bond donors (Lipinski definition) is 6. The van der Waals surface area contributed by atoms with Crippen LogP contribution >= 0.6 is 0 Å². The second-order valence-electron chi connectivity index (χ2n) is 19.2. The predicted octanol–water partition coefficient (Wildman–Crippen LogP) is 1.21. The molecule has 2 aromatic heterocycles. The maximum atomic E-state index is 14.3. The highest BCUT2D eigenvalue weighted by Crippen LogP contribution is 2.32. The Hall–Kier alpha value is -6.54. The Kier molecular flexibility index (Phi) is 16.3. The van der Waals surface area contributed by atoms with E-state index in [0.29, 0.717) is 63.3 Å². The second kappa shape index (κ2) is 22.9. The van der Waals surface area contributed by atoms with Gasteiger partial charge in [0, 0.05) is 38.3 Å². The summed E-state index contributed by atoms with van der Waals surface area (Å²) in [7, 11) is 3.33. The largest absolute Gasteiger partial charge is 0.347 e. The molecular formula is C50H68N14O6. The Labute approximate surface area is 408 Å². The van der Waals surface area contributed by atoms with Crippen molar-refractivity contribution in [2.24, 2.45) is 0 Å². The maximum Gasteiger partial charge on any atom is 0.246 e. The van der Waals surface area contributed by atoms with Crippen LogP contribution in [0.25, 0.3) is 0 Å². The van der Waals surface area contributed by atoms with E-state index >= 15 is 0 Å². The molecule has 70 heavy (non-hydrogen) atoms. The van der Waals surface area contributed by atoms with Crippen LogP contribution in [-0.4, -0.2) is 139 Å². The molecule has 6 amide bonds. The number of hydrogen-bond acceptors (Lipinski definition) is 12. The van der Waals surface area contributed by atoms with Crippen LogP contribution in [0.5, 0.6) is 0 Å². The van der Waals surface area contributed by atoms with Gasteiger partial charge in [0.25, 0.3) is 0 Å². The van der Waals surface area contributed by atoms with Crippen LogP contribution in [-0.2, 0) is 67.5 Å². The van der Waals surface area contributed by atoms with E-state index in [1.54, 1.807) is 59.5 Å². The lowest BCUT2D eigenvalue weighted by molar-refractivity contribution is -0.141. The molecule has 0 saturated carbocycles. The summed E-state index contributed by atoms with van der Waals surface area (Å²) in [6.07, 6.45) is 11.4. The number of aryl methyl sites for hydroxylation is 4. The molecule has 2 saturated heterocycles. The van der Waals surface area contributed by atoms with Crippen molar-refractivity contribution in [2.75, 3.05) is 27.2 Å². The second-order valence-corrected chi connectivity index (χ2v) is 19.2. The van der Waals surface area contributed by atoms with Gasteiger partial charge in [0.2, 0.25) is 35.4 Å². The monoisotopic (exact) mass is 961 g/mol. The zero-order valence-corrected chi connectivity index (χ0v) is 40.7. The number of carbonyl (C=O) groups excluding carboxylic acids is 6. The lowest BCUT2D eigenvalue weighted by Gasteiger charge is -2.31. The first kappa shape index (κ1) is 49.9. The van der Waals surface area contributed by atoms with Gasteiger partial charge in [-0.1, -0.05) is 59.0 Å². The van der Waals surface area contributed by atoms with Gasteiger partial charge in [-0.3, -0.25) is 38.1 Å². The molecule has 2 aliphatic heterocycles. The highest BCUT2D eigenvalue weighted by molar-refractivity contribution is 5.95. The summed E-state index contributed by atoms with van der Waals surface area (Å²) in [5.74, 6) is -1.82. The molecule has 374 valence electrons. The van der Waals surface area contributed by atoms with Gasteiger partial charge >= 0.3 is 0 Å². The molecule has 4 heterocycles. The van der Waals surface area contributed by atoms with Gasteiger partial charge in [0.05, 0.1) is 48.6 Å². The topological polar surface area (TPSA) is 242 Å². The van der Waals surface area contributed by atoms with Crippen molar-refractivity contribution in [1.82, 2.24) is 71.7 Å². The Bertz CT molecular complexity index is 2340. The fourth-order valence-electron chi connectivity index (χ4n) is 10.3. The minimum absolute atomic E-state index is 0.0523. The fourth-order valence-corrected chi connectivity index (χ4v) is 10.3. The van der Waals surface area contributed by atoms with Crippen molar-refractivity contribution >= 4 is 35.4 Å². The third-order valence-corrected chi connectivity index (χ3v) is 14.5. The molecule has 0 unspecified atom stereocenters. The zero-order valence-electron chi connectivity index (χ0n) is 40.7. The number of amides is 6. The van der Waals surface area contributed by atoms with Gasteiger partial charge in [-0.2, -0.15) is 0 Å². The molecule has 0 radical (unpaired) electrons. The van der Waals surface area contributed by atoms with Crippen molar-refractivity contribution in [3.63, 3.8) is 0 Å². The summed E-state index contributed by atoms with van der Waals surface area (Å²) >= 11 is 0. The van der Waals surface area contributed by atoms with E-state index in [1.165, 1.54) is 11.1 Å². The Morgan fingerprint density at radius 1 is 0.586 bits per heavy atom. The first-order chi connectivity index (χ1) is 33.9. The molecule has 0 bridgehead atoms. The SMILES string of the molecule is CN[C@@H](C)C(=O)N[C@@H](Cc1cn(CCn2cc(C[C@H](NC(=O)[C@H](C)NC)C(=O)N3CCC[C@H]3C(=O)N[C@@H]3CCCc4ccccc43)nn2)nn1)C(=O)N1CCC[C@H]1C(=O)N[C@@H]1CCCc2ccccc21. The number of nitrogens with zero attached hydrogens (tertiary/aromatic N) is 8. The minimum atomic E-state index is -0.998. The maximum absolute atomic E-state index is 14.3. The number of nitrogens with one attached hydrogen (secondary N) is 6. The van der Waals surface area contributed by atoms with Crippen LogP contribution in [0.2, 0.25) is 0 Å². The first-order valence-corrected chi connectivity index (χ1v) is 25.0. The van der Waals surface area contributed by atoms with Crippen molar-refractivity contribution in [3.8, 4) is 0 Å². The van der Waals surface area contributed by atoms with E-state index in [9.17, 15) is 28.8 Å². The van der Waals surface area contributed by atoms with Gasteiger partial charge in [-0.15, -0.1) is 10.2 Å². The van der Waals surface area contributed by atoms with Gasteiger partial charge in [-0.25, -0.2) is 0 Å². The van der Waals surface area contributed by atoms with Crippen LogP contribution in [0, 0.1) is 0 Å². The molecule has 8 rings (SSSR count). The summed E-state index contributed by atoms with van der Waals surface area (Å²) in [6, 6.07) is 11.6. The molecular weight excluding hydrogens is 893 g/mol. The third kappa shape index (κ3) is 11.7. The van der Waals surface area contributed by atoms with E-state index in [-0.39, 0.29) is 60.4 Å². The van der Waals surface area contributed by atoms with E-state index in [1.807, 2.05) is 24.3 Å². The highest BCUT2D eigenvalue weighted by atomic mass is 16.2. The Morgan fingerprint density at radius 3 is 1.41 bits per heavy atom. The number of rotatable bonds is 19. The molecule has 8 atom stereocenters. The average Bonchev–Trinajstić information content (AvgIpc) is 4.23. The molecule has 4 aliphatic rings. The standard InChI is InChI=1S/C50H68N14O6/c1-31(51-3)45(65)55-41(49(69)63-23-11-21-43(63)47(67)53-39-19-9-15-33-13-5-7-17-37(33)39)27-35-29-61(59-57-35)25-26-62-30-36(58-60-62)28-42(56-46(66)32(2)52-4)50(70)64-24-12-22-44(64)48(68)54-40-20-10-16-34-14-6-8-18-38(34)40/h5-8,13-14,17-18,29-32,39-44,51-52H,9-12,15-16,19-28H2,1-4H3,(H,53,67)(H,54,68)(H,55,65)(H,56,66)/t31-,32-,39+,40+,41-,42-,43-,44-/m0/s1. The predicted molar refractivity (Wildman–Crippen MR) is 258 cm³/mol. The van der Waals surface area contributed by atoms with Crippen LogP contribution in [0.3, 0.4) is 0 Å². The smallest absolute Gasteiger partial charge is 0.246 e. The van der Waals surface area contributed by atoms with E-state index < -0.39 is 36.3 Å². The van der Waals surface area contributed by atoms with E-state index in [2.05, 4.69) is 76.8 Å². The van der Waals surface area contributed by atoms with Gasteiger partial charge in [0.1, 0.15) is 24.2 Å². The summed E-state index contributed by atoms with van der Waals surface area (Å²) in [5, 5.41) is 35.4. The molecule has 4 aromatic rings. The molecule has 20 nitrogen and oxygen atoms in total. The quantitative estimate of drug-likeness (QED) is 0.0778. The third-order valence-electron chi connectivity index (χ3n) is 14.5. The van der Waals surface area contributed by atoms with Crippen molar-refractivity contribution in [2.45, 2.75) is 152 Å². The van der Waals surface area contributed by atoms with Crippen molar-refractivity contribution < 1.29 is 28.8 Å². The number of likely N-dealkylation sites (tertiary alicyclic amines) is 2. The lowest BCUT2D eigenvalue weighted by atomic mass is 9.87. The summed E-state index contributed by atoms with van der Waals surface area (Å²) in [4.78, 5) is 86.0. The van der Waals surface area contributed by atoms with E-state index in [4.69, 9.17) is 0 Å². The van der Waals surface area contributed by atoms with E-state index in [0.717, 1.165) is 49.7 Å². The first-order valence-electron chi connectivity index (χ1n) is 25.0.